The van der Waals surface area contributed by atoms with E-state index in [2.05, 4.69) is 5.32 Å². The van der Waals surface area contributed by atoms with Crippen molar-refractivity contribution in [2.45, 2.75) is 50.5 Å². The first-order valence-corrected chi connectivity index (χ1v) is 10.4. The molecule has 1 N–H and O–H groups in total. The minimum atomic E-state index is -3.64. The van der Waals surface area contributed by atoms with Crippen molar-refractivity contribution >= 4 is 39.2 Å². The summed E-state index contributed by atoms with van der Waals surface area (Å²) in [5, 5.41) is 2.72. The highest BCUT2D eigenvalue weighted by atomic mass is 35.5. The predicted molar refractivity (Wildman–Crippen MR) is 98.5 cm³/mol. The molecule has 0 unspecified atom stereocenters. The van der Waals surface area contributed by atoms with E-state index in [1.165, 1.54) is 29.4 Å². The number of anilines is 1. The highest BCUT2D eigenvalue weighted by Crippen LogP contribution is 2.28. The molecule has 1 fully saturated rings. The normalized spacial score (nSPS) is 16.7. The number of carbonyl (C=O) groups is 2. The number of rotatable bonds is 6. The maximum atomic E-state index is 12.8. The lowest BCUT2D eigenvalue weighted by atomic mass is 10.2. The Morgan fingerprint density at radius 1 is 1.27 bits per heavy atom. The second-order valence-electron chi connectivity index (χ2n) is 6.08. The number of nitrogens with zero attached hydrogens (tertiary/aromatic N) is 1. The fraction of sp³-hybridized carbons (Fsp3) is 0.529. The van der Waals surface area contributed by atoms with Crippen LogP contribution in [0, 0.1) is 0 Å². The number of halogens is 1. The minimum Gasteiger partial charge on any atom is -0.453 e. The summed E-state index contributed by atoms with van der Waals surface area (Å²) in [7, 11) is -3.64. The molecule has 1 saturated heterocycles. The zero-order chi connectivity index (χ0) is 19.3. The molecule has 0 radical (unpaired) electrons. The fourth-order valence-electron chi connectivity index (χ4n) is 2.58. The fourth-order valence-corrected chi connectivity index (χ4v) is 4.29. The van der Waals surface area contributed by atoms with E-state index in [0.29, 0.717) is 13.1 Å². The van der Waals surface area contributed by atoms with Crippen LogP contribution < -0.4 is 5.32 Å². The largest absolute Gasteiger partial charge is 0.453 e. The third-order valence-electron chi connectivity index (χ3n) is 4.11. The Hall–Kier alpha value is -1.64. The summed E-state index contributed by atoms with van der Waals surface area (Å²) in [6.07, 6.45) is 1.82. The Bertz CT molecular complexity index is 775. The first kappa shape index (κ1) is 20.7. The zero-order valence-electron chi connectivity index (χ0n) is 14.8. The van der Waals surface area contributed by atoms with E-state index in [0.717, 1.165) is 19.3 Å². The van der Waals surface area contributed by atoms with Crippen LogP contribution in [0.25, 0.3) is 0 Å². The molecule has 144 valence electrons. The Morgan fingerprint density at radius 3 is 2.54 bits per heavy atom. The van der Waals surface area contributed by atoms with Crippen molar-refractivity contribution in [3.63, 3.8) is 0 Å². The van der Waals surface area contributed by atoms with Crippen molar-refractivity contribution in [1.29, 1.82) is 0 Å². The van der Waals surface area contributed by atoms with Crippen LogP contribution in [-0.4, -0.2) is 43.8 Å². The number of esters is 1. The maximum absolute atomic E-state index is 12.8. The van der Waals surface area contributed by atoms with Crippen molar-refractivity contribution < 1.29 is 22.7 Å². The first-order chi connectivity index (χ1) is 12.3. The molecule has 1 aliphatic heterocycles. The van der Waals surface area contributed by atoms with E-state index in [9.17, 15) is 18.0 Å². The van der Waals surface area contributed by atoms with Gasteiger partial charge in [0.05, 0.1) is 15.6 Å². The molecule has 1 aromatic carbocycles. The van der Waals surface area contributed by atoms with E-state index < -0.39 is 28.0 Å². The van der Waals surface area contributed by atoms with Crippen LogP contribution in [0.3, 0.4) is 0 Å². The molecule has 0 saturated carbocycles. The van der Waals surface area contributed by atoms with Crippen molar-refractivity contribution in [2.75, 3.05) is 18.4 Å². The van der Waals surface area contributed by atoms with E-state index in [1.807, 2.05) is 0 Å². The molecule has 26 heavy (non-hydrogen) atoms. The molecule has 7 nitrogen and oxygen atoms in total. The van der Waals surface area contributed by atoms with E-state index in [1.54, 1.807) is 6.92 Å². The number of hydrogen-bond acceptors (Lipinski definition) is 5. The molecule has 0 aromatic heterocycles. The van der Waals surface area contributed by atoms with Crippen molar-refractivity contribution in [3.8, 4) is 0 Å². The van der Waals surface area contributed by atoms with Crippen molar-refractivity contribution in [1.82, 2.24) is 4.31 Å². The number of ether oxygens (including phenoxy) is 1. The number of amides is 1. The van der Waals surface area contributed by atoms with Gasteiger partial charge >= 0.3 is 5.97 Å². The van der Waals surface area contributed by atoms with Gasteiger partial charge in [0, 0.05) is 19.5 Å². The highest BCUT2D eigenvalue weighted by molar-refractivity contribution is 7.89. The topological polar surface area (TPSA) is 92.8 Å². The lowest BCUT2D eigenvalue weighted by molar-refractivity contribution is -0.152. The second-order valence-corrected chi connectivity index (χ2v) is 8.43. The molecule has 1 aromatic rings. The Balaban J connectivity index is 2.19. The van der Waals surface area contributed by atoms with E-state index in [-0.39, 0.29) is 22.0 Å². The summed E-state index contributed by atoms with van der Waals surface area (Å²) in [5.41, 5.74) is 0.161. The zero-order valence-corrected chi connectivity index (χ0v) is 16.4. The van der Waals surface area contributed by atoms with Crippen LogP contribution in [0.1, 0.15) is 39.5 Å². The Kier molecular flexibility index (Phi) is 7.02. The van der Waals surface area contributed by atoms with Gasteiger partial charge in [-0.15, -0.1) is 0 Å². The van der Waals surface area contributed by atoms with Crippen molar-refractivity contribution in [2.24, 2.45) is 0 Å². The van der Waals surface area contributed by atoms with Gasteiger partial charge in [-0.25, -0.2) is 8.42 Å². The summed E-state index contributed by atoms with van der Waals surface area (Å²) >= 11 is 6.08. The van der Waals surface area contributed by atoms with Gasteiger partial charge in [0.1, 0.15) is 0 Å². The van der Waals surface area contributed by atoms with Gasteiger partial charge in [-0.3, -0.25) is 9.59 Å². The summed E-state index contributed by atoms with van der Waals surface area (Å²) in [6, 6.07) is 4.18. The summed E-state index contributed by atoms with van der Waals surface area (Å²) in [6.45, 7) is 4.02. The molecular weight excluding hydrogens is 380 g/mol. The number of nitrogens with one attached hydrogen (secondary N) is 1. The average Bonchev–Trinajstić information content (AvgIpc) is 2.63. The highest BCUT2D eigenvalue weighted by Gasteiger charge is 2.27. The molecule has 0 spiro atoms. The monoisotopic (exact) mass is 402 g/mol. The maximum Gasteiger partial charge on any atom is 0.306 e. The molecule has 0 bridgehead atoms. The number of sulfonamides is 1. The third-order valence-corrected chi connectivity index (χ3v) is 6.34. The van der Waals surface area contributed by atoms with Gasteiger partial charge in [-0.2, -0.15) is 4.31 Å². The van der Waals surface area contributed by atoms with Crippen LogP contribution in [-0.2, 0) is 24.3 Å². The number of piperidine rings is 1. The molecule has 1 aliphatic rings. The standard InChI is InChI=1S/C17H23ClN2O5S/c1-3-16(21)25-12(2)17(22)19-15-11-13(7-8-14(15)18)26(23,24)20-9-5-4-6-10-20/h7-8,11-12H,3-6,9-10H2,1-2H3,(H,19,22)/t12-/m1/s1. The minimum absolute atomic E-state index is 0.0670. The Labute approximate surface area is 158 Å². The summed E-state index contributed by atoms with van der Waals surface area (Å²) in [4.78, 5) is 23.5. The molecule has 9 heteroatoms. The number of hydrogen-bond donors (Lipinski definition) is 1. The second kappa shape index (κ2) is 8.83. The summed E-state index contributed by atoms with van der Waals surface area (Å²) < 4.78 is 31.9. The third kappa shape index (κ3) is 4.96. The first-order valence-electron chi connectivity index (χ1n) is 8.55. The molecule has 0 aliphatic carbocycles. The molecular formula is C17H23ClN2O5S. The van der Waals surface area contributed by atoms with Crippen LogP contribution >= 0.6 is 11.6 Å². The van der Waals surface area contributed by atoms with Gasteiger partial charge in [0.25, 0.3) is 5.91 Å². The van der Waals surface area contributed by atoms with Crippen LogP contribution in [0.5, 0.6) is 0 Å². The van der Waals surface area contributed by atoms with Gasteiger partial charge in [-0.1, -0.05) is 24.9 Å². The van der Waals surface area contributed by atoms with Crippen molar-refractivity contribution in [3.05, 3.63) is 23.2 Å². The Morgan fingerprint density at radius 2 is 1.92 bits per heavy atom. The van der Waals surface area contributed by atoms with Crippen LogP contribution in [0.2, 0.25) is 5.02 Å². The van der Waals surface area contributed by atoms with Gasteiger partial charge < -0.3 is 10.1 Å². The SMILES string of the molecule is CCC(=O)O[C@H](C)C(=O)Nc1cc(S(=O)(=O)N2CCCCC2)ccc1Cl. The lowest BCUT2D eigenvalue weighted by Gasteiger charge is -2.26. The van der Waals surface area contributed by atoms with Gasteiger partial charge in [0.15, 0.2) is 6.10 Å². The molecule has 1 heterocycles. The number of carbonyl (C=O) groups excluding carboxylic acids is 2. The smallest absolute Gasteiger partial charge is 0.306 e. The van der Waals surface area contributed by atoms with E-state index in [4.69, 9.17) is 16.3 Å². The average molecular weight is 403 g/mol. The van der Waals surface area contributed by atoms with Crippen LogP contribution in [0.15, 0.2) is 23.1 Å². The molecule has 1 atom stereocenters. The quantitative estimate of drug-likeness (QED) is 0.738. The van der Waals surface area contributed by atoms with Gasteiger partial charge in [0.2, 0.25) is 10.0 Å². The number of benzene rings is 1. The predicted octanol–water partition coefficient (Wildman–Crippen LogP) is 2.79. The van der Waals surface area contributed by atoms with Crippen LogP contribution in [0.4, 0.5) is 5.69 Å². The van der Waals surface area contributed by atoms with Gasteiger partial charge in [-0.05, 0) is 38.0 Å². The summed E-state index contributed by atoms with van der Waals surface area (Å²) in [5.74, 6) is -1.08. The van der Waals surface area contributed by atoms with E-state index >= 15 is 0 Å². The molecule has 2 rings (SSSR count). The lowest BCUT2D eigenvalue weighted by Crippen LogP contribution is -2.35. The molecule has 1 amide bonds.